The zero-order valence-corrected chi connectivity index (χ0v) is 7.75. The normalized spacial score (nSPS) is 10.6. The summed E-state index contributed by atoms with van der Waals surface area (Å²) in [6, 6.07) is 4.58. The number of benzene rings is 1. The van der Waals surface area contributed by atoms with Crippen LogP contribution in [0.3, 0.4) is 0 Å². The Morgan fingerprint density at radius 1 is 1.50 bits per heavy atom. The third-order valence-corrected chi connectivity index (χ3v) is 2.96. The number of anilines is 1. The second-order valence-corrected chi connectivity index (χ2v) is 3.73. The second-order valence-electron chi connectivity index (χ2n) is 2.73. The molecule has 3 N–H and O–H groups in total. The summed E-state index contributed by atoms with van der Waals surface area (Å²) < 4.78 is 0.410. The molecule has 6 heteroatoms. The Kier molecular flexibility index (Phi) is 1.78. The number of nitrogen functional groups attached to an aromatic ring is 1. The maximum Gasteiger partial charge on any atom is 0.287 e. The quantitative estimate of drug-likeness (QED) is 0.557. The minimum absolute atomic E-state index is 0.0282. The van der Waals surface area contributed by atoms with E-state index in [4.69, 9.17) is 5.73 Å². The van der Waals surface area contributed by atoms with Gasteiger partial charge in [-0.3, -0.25) is 10.1 Å². The largest absolute Gasteiger partial charge is 0.498 e. The van der Waals surface area contributed by atoms with E-state index in [1.54, 1.807) is 12.1 Å². The van der Waals surface area contributed by atoms with E-state index in [2.05, 4.69) is 0 Å². The second kappa shape index (κ2) is 2.85. The molecular weight excluding hydrogens is 204 g/mol. The van der Waals surface area contributed by atoms with Gasteiger partial charge in [-0.1, -0.05) is 23.5 Å². The number of non-ortho nitro benzene ring substituents is 1. The topological polar surface area (TPSA) is 89.4 Å². The Morgan fingerprint density at radius 3 is 2.86 bits per heavy atom. The van der Waals surface area contributed by atoms with Crippen LogP contribution in [-0.4, -0.2) is 10.0 Å². The Morgan fingerprint density at radius 2 is 2.21 bits per heavy atom. The van der Waals surface area contributed by atoms with E-state index in [0.29, 0.717) is 10.1 Å². The van der Waals surface area contributed by atoms with Gasteiger partial charge in [0, 0.05) is 11.5 Å². The number of nitrogens with two attached hydrogens (primary N) is 1. The molecule has 5 nitrogen and oxygen atoms in total. The molecule has 1 aromatic heterocycles. The minimum atomic E-state index is -0.488. The van der Waals surface area contributed by atoms with Crippen molar-refractivity contribution < 1.29 is 10.0 Å². The number of aromatic hydroxyl groups is 1. The molecule has 0 saturated carbocycles. The van der Waals surface area contributed by atoms with Crippen LogP contribution in [0, 0.1) is 10.1 Å². The number of hydrogen-bond donors (Lipinski definition) is 2. The van der Waals surface area contributed by atoms with Gasteiger partial charge in [0.2, 0.25) is 0 Å². The maximum atomic E-state index is 10.6. The molecule has 0 aliphatic rings. The number of nitro groups is 1. The molecule has 0 aliphatic heterocycles. The highest BCUT2D eigenvalue weighted by Gasteiger charge is 2.17. The maximum absolute atomic E-state index is 10.6. The number of hydrogen-bond acceptors (Lipinski definition) is 5. The highest BCUT2D eigenvalue weighted by atomic mass is 32.1. The Balaban J connectivity index is 2.88. The summed E-state index contributed by atoms with van der Waals surface area (Å²) in [4.78, 5) is 10.1. The smallest absolute Gasteiger partial charge is 0.287 e. The fourth-order valence-electron chi connectivity index (χ4n) is 1.25. The Labute approximate surface area is 82.5 Å². The van der Waals surface area contributed by atoms with E-state index < -0.39 is 4.92 Å². The van der Waals surface area contributed by atoms with E-state index in [1.807, 2.05) is 0 Å². The van der Waals surface area contributed by atoms with Gasteiger partial charge in [-0.2, -0.15) is 0 Å². The van der Waals surface area contributed by atoms with E-state index in [1.165, 1.54) is 6.07 Å². The van der Waals surface area contributed by atoms with Crippen molar-refractivity contribution in [3.8, 4) is 5.06 Å². The lowest BCUT2D eigenvalue weighted by Crippen LogP contribution is -1.87. The highest BCUT2D eigenvalue weighted by Crippen LogP contribution is 2.42. The first-order valence-electron chi connectivity index (χ1n) is 3.75. The predicted molar refractivity (Wildman–Crippen MR) is 54.6 cm³/mol. The summed E-state index contributed by atoms with van der Waals surface area (Å²) in [5.74, 6) is 0. The lowest BCUT2D eigenvalue weighted by atomic mass is 10.2. The summed E-state index contributed by atoms with van der Waals surface area (Å²) in [7, 11) is 0. The molecule has 72 valence electrons. The lowest BCUT2D eigenvalue weighted by molar-refractivity contribution is -0.382. The van der Waals surface area contributed by atoms with E-state index >= 15 is 0 Å². The Hall–Kier alpha value is -1.82. The van der Waals surface area contributed by atoms with Crippen LogP contribution in [0.1, 0.15) is 0 Å². The van der Waals surface area contributed by atoms with Crippen molar-refractivity contribution in [2.75, 3.05) is 5.73 Å². The third kappa shape index (κ3) is 1.08. The van der Waals surface area contributed by atoms with Gasteiger partial charge in [-0.15, -0.1) is 0 Å². The van der Waals surface area contributed by atoms with Crippen LogP contribution in [0.25, 0.3) is 10.1 Å². The predicted octanol–water partition coefficient (Wildman–Crippen LogP) is 2.10. The summed E-state index contributed by atoms with van der Waals surface area (Å²) in [5, 5.41) is 20.4. The fraction of sp³-hybridized carbons (Fsp3) is 0. The SMILES string of the molecule is Nc1c(O)sc2c([N+](=O)[O-])cccc12. The number of rotatable bonds is 1. The first-order chi connectivity index (χ1) is 6.61. The van der Waals surface area contributed by atoms with Gasteiger partial charge in [0.15, 0.2) is 5.06 Å². The molecular formula is C8H6N2O3S. The molecule has 1 heterocycles. The van der Waals surface area contributed by atoms with Crippen molar-refractivity contribution in [2.24, 2.45) is 0 Å². The molecule has 1 aromatic carbocycles. The summed E-state index contributed by atoms with van der Waals surface area (Å²) in [5.41, 5.74) is 5.72. The van der Waals surface area contributed by atoms with Crippen LogP contribution < -0.4 is 5.73 Å². The van der Waals surface area contributed by atoms with Crippen LogP contribution in [0.15, 0.2) is 18.2 Å². The molecule has 0 atom stereocenters. The molecule has 0 fully saturated rings. The van der Waals surface area contributed by atoms with Gasteiger partial charge in [-0.25, -0.2) is 0 Å². The molecule has 2 aromatic rings. The van der Waals surface area contributed by atoms with Crippen LogP contribution in [0.5, 0.6) is 5.06 Å². The van der Waals surface area contributed by atoms with Crippen molar-refractivity contribution in [1.29, 1.82) is 0 Å². The third-order valence-electron chi connectivity index (χ3n) is 1.91. The standard InChI is InChI=1S/C8H6N2O3S/c9-6-4-2-1-3-5(10(12)13)7(4)14-8(6)11/h1-3,11H,9H2. The molecule has 2 rings (SSSR count). The van der Waals surface area contributed by atoms with Crippen LogP contribution in [-0.2, 0) is 0 Å². The zero-order valence-electron chi connectivity index (χ0n) is 6.93. The number of nitrogens with zero attached hydrogens (tertiary/aromatic N) is 1. The van der Waals surface area contributed by atoms with Crippen LogP contribution >= 0.6 is 11.3 Å². The van der Waals surface area contributed by atoms with Crippen molar-refractivity contribution in [3.63, 3.8) is 0 Å². The van der Waals surface area contributed by atoms with Gasteiger partial charge in [0.05, 0.1) is 10.6 Å². The Bertz CT molecular complexity index is 521. The lowest BCUT2D eigenvalue weighted by Gasteiger charge is -1.92. The van der Waals surface area contributed by atoms with E-state index in [0.717, 1.165) is 11.3 Å². The van der Waals surface area contributed by atoms with Gasteiger partial charge < -0.3 is 10.8 Å². The molecule has 0 spiro atoms. The number of thiophene rings is 1. The van der Waals surface area contributed by atoms with E-state index in [-0.39, 0.29) is 16.4 Å². The van der Waals surface area contributed by atoms with Crippen LogP contribution in [0.2, 0.25) is 0 Å². The molecule has 0 aliphatic carbocycles. The van der Waals surface area contributed by atoms with Crippen molar-refractivity contribution >= 4 is 32.8 Å². The molecule has 0 radical (unpaired) electrons. The molecule has 0 bridgehead atoms. The first kappa shape index (κ1) is 8.76. The van der Waals surface area contributed by atoms with Gasteiger partial charge in [0.25, 0.3) is 5.69 Å². The monoisotopic (exact) mass is 210 g/mol. The van der Waals surface area contributed by atoms with Crippen molar-refractivity contribution in [3.05, 3.63) is 28.3 Å². The summed E-state index contributed by atoms with van der Waals surface area (Å²) >= 11 is 0.923. The average Bonchev–Trinajstić information content (AvgIpc) is 2.43. The molecule has 0 unspecified atom stereocenters. The van der Waals surface area contributed by atoms with Gasteiger partial charge >= 0.3 is 0 Å². The molecule has 14 heavy (non-hydrogen) atoms. The minimum Gasteiger partial charge on any atom is -0.498 e. The number of nitro benzene ring substituents is 1. The fourth-order valence-corrected chi connectivity index (χ4v) is 2.20. The zero-order chi connectivity index (χ0) is 10.3. The van der Waals surface area contributed by atoms with E-state index in [9.17, 15) is 15.2 Å². The average molecular weight is 210 g/mol. The summed E-state index contributed by atoms with van der Waals surface area (Å²) in [6.07, 6.45) is 0. The van der Waals surface area contributed by atoms with Crippen molar-refractivity contribution in [1.82, 2.24) is 0 Å². The van der Waals surface area contributed by atoms with Gasteiger partial charge in [-0.05, 0) is 0 Å². The van der Waals surface area contributed by atoms with Crippen molar-refractivity contribution in [2.45, 2.75) is 0 Å². The van der Waals surface area contributed by atoms with Crippen LogP contribution in [0.4, 0.5) is 11.4 Å². The van der Waals surface area contributed by atoms with Gasteiger partial charge in [0.1, 0.15) is 4.70 Å². The summed E-state index contributed by atoms with van der Waals surface area (Å²) in [6.45, 7) is 0. The molecule has 0 saturated heterocycles. The first-order valence-corrected chi connectivity index (χ1v) is 4.57. The molecule has 0 amide bonds. The highest BCUT2D eigenvalue weighted by molar-refractivity contribution is 7.22. The number of fused-ring (bicyclic) bond motifs is 1.